The normalized spacial score (nSPS) is 13.5. The number of anilines is 3. The number of aromatic nitrogens is 3. The van der Waals surface area contributed by atoms with Crippen molar-refractivity contribution in [3.05, 3.63) is 109 Å². The maximum absolute atomic E-state index is 13.1. The third-order valence-corrected chi connectivity index (χ3v) is 6.74. The third kappa shape index (κ3) is 5.01. The number of carbonyl (C=O) groups excluding carboxylic acids is 1. The van der Waals surface area contributed by atoms with E-state index in [0.29, 0.717) is 11.3 Å². The van der Waals surface area contributed by atoms with E-state index in [1.54, 1.807) is 0 Å². The molecule has 3 aromatic carbocycles. The highest BCUT2D eigenvalue weighted by molar-refractivity contribution is 6.04. The number of nitrogens with zero attached hydrogens (tertiary/aromatic N) is 5. The first-order valence-corrected chi connectivity index (χ1v) is 12.5. The molecule has 1 saturated heterocycles. The number of carbonyl (C=O) groups is 1. The van der Waals surface area contributed by atoms with Crippen molar-refractivity contribution in [1.82, 2.24) is 15.0 Å². The highest BCUT2D eigenvalue weighted by Gasteiger charge is 2.19. The summed E-state index contributed by atoms with van der Waals surface area (Å²) in [6, 6.07) is 23.2. The Hall–Kier alpha value is -4.85. The first-order chi connectivity index (χ1) is 18.6. The molecule has 0 bridgehead atoms. The molecule has 0 unspecified atom stereocenters. The summed E-state index contributed by atoms with van der Waals surface area (Å²) >= 11 is 0. The summed E-state index contributed by atoms with van der Waals surface area (Å²) in [5, 5.41) is 2.85. The molecule has 3 heterocycles. The summed E-state index contributed by atoms with van der Waals surface area (Å²) in [5.41, 5.74) is 5.96. The minimum absolute atomic E-state index is 0.284. The third-order valence-electron chi connectivity index (χ3n) is 6.74. The van der Waals surface area contributed by atoms with Crippen molar-refractivity contribution in [3.63, 3.8) is 0 Å². The van der Waals surface area contributed by atoms with Crippen molar-refractivity contribution in [1.29, 1.82) is 0 Å². The highest BCUT2D eigenvalue weighted by Crippen LogP contribution is 2.26. The summed E-state index contributed by atoms with van der Waals surface area (Å²) in [5.74, 6) is 0.220. The Balaban J connectivity index is 1.15. The standard InChI is InChI=1S/C30H25FN6O/c31-24-6-1-22(2-7-24)30(38)34-25-8-3-21(4-9-25)23-5-10-27-28(19-23)35-29(20-33-27)37-17-15-36(16-18-37)26-11-13-32-14-12-26/h1-14,19-20H,15-18H2,(H,34,38). The second-order valence-corrected chi connectivity index (χ2v) is 9.15. The van der Waals surface area contributed by atoms with Gasteiger partial charge >= 0.3 is 0 Å². The van der Waals surface area contributed by atoms with E-state index in [1.807, 2.05) is 73.2 Å². The molecule has 8 heteroatoms. The fraction of sp³-hybridized carbons (Fsp3) is 0.133. The monoisotopic (exact) mass is 504 g/mol. The van der Waals surface area contributed by atoms with E-state index in [4.69, 9.17) is 4.98 Å². The number of rotatable bonds is 5. The Kier molecular flexibility index (Phi) is 6.35. The predicted molar refractivity (Wildman–Crippen MR) is 148 cm³/mol. The molecule has 6 rings (SSSR count). The van der Waals surface area contributed by atoms with Crippen LogP contribution in [0.3, 0.4) is 0 Å². The van der Waals surface area contributed by atoms with E-state index in [2.05, 4.69) is 25.1 Å². The van der Waals surface area contributed by atoms with Crippen molar-refractivity contribution < 1.29 is 9.18 Å². The van der Waals surface area contributed by atoms with E-state index < -0.39 is 0 Å². The predicted octanol–water partition coefficient (Wildman–Crippen LogP) is 5.41. The fourth-order valence-corrected chi connectivity index (χ4v) is 4.63. The number of hydrogen-bond donors (Lipinski definition) is 1. The maximum Gasteiger partial charge on any atom is 0.255 e. The summed E-state index contributed by atoms with van der Waals surface area (Å²) in [6.07, 6.45) is 5.50. The molecule has 188 valence electrons. The average Bonchev–Trinajstić information content (AvgIpc) is 2.98. The lowest BCUT2D eigenvalue weighted by atomic mass is 10.0. The number of fused-ring (bicyclic) bond motifs is 1. The molecule has 0 aliphatic carbocycles. The maximum atomic E-state index is 13.1. The van der Waals surface area contributed by atoms with E-state index >= 15 is 0 Å². The molecular formula is C30H25FN6O. The first-order valence-electron chi connectivity index (χ1n) is 12.5. The minimum Gasteiger partial charge on any atom is -0.368 e. The van der Waals surface area contributed by atoms with Crippen LogP contribution in [0.5, 0.6) is 0 Å². The van der Waals surface area contributed by atoms with Gasteiger partial charge in [0.05, 0.1) is 17.2 Å². The van der Waals surface area contributed by atoms with Crippen molar-refractivity contribution in [2.45, 2.75) is 0 Å². The largest absolute Gasteiger partial charge is 0.368 e. The zero-order chi connectivity index (χ0) is 25.9. The van der Waals surface area contributed by atoms with Crippen LogP contribution in [-0.2, 0) is 0 Å². The Morgan fingerprint density at radius 1 is 0.763 bits per heavy atom. The van der Waals surface area contributed by atoms with Gasteiger partial charge < -0.3 is 15.1 Å². The van der Waals surface area contributed by atoms with Gasteiger partial charge in [-0.05, 0) is 71.8 Å². The molecule has 38 heavy (non-hydrogen) atoms. The van der Waals surface area contributed by atoms with Gasteiger partial charge in [-0.25, -0.2) is 9.37 Å². The van der Waals surface area contributed by atoms with Gasteiger partial charge in [0.15, 0.2) is 0 Å². The molecule has 1 aliphatic rings. The number of pyridine rings is 1. The zero-order valence-electron chi connectivity index (χ0n) is 20.6. The lowest BCUT2D eigenvalue weighted by molar-refractivity contribution is 0.102. The molecule has 1 N–H and O–H groups in total. The Bertz CT molecular complexity index is 1570. The SMILES string of the molecule is O=C(Nc1ccc(-c2ccc3ncc(N4CCN(c5ccncc5)CC4)nc3c2)cc1)c1ccc(F)cc1. The number of benzene rings is 3. The number of halogens is 1. The highest BCUT2D eigenvalue weighted by atomic mass is 19.1. The van der Waals surface area contributed by atoms with Gasteiger partial charge in [0.2, 0.25) is 0 Å². The molecule has 1 amide bonds. The number of nitrogens with one attached hydrogen (secondary N) is 1. The molecule has 0 atom stereocenters. The summed E-state index contributed by atoms with van der Waals surface area (Å²) in [4.78, 5) is 30.7. The Morgan fingerprint density at radius 3 is 2.18 bits per heavy atom. The van der Waals surface area contributed by atoms with Crippen molar-refractivity contribution >= 4 is 34.1 Å². The van der Waals surface area contributed by atoms with Crippen LogP contribution in [0.25, 0.3) is 22.2 Å². The first kappa shape index (κ1) is 23.5. The minimum atomic E-state index is -0.373. The van der Waals surface area contributed by atoms with Crippen LogP contribution in [0, 0.1) is 5.82 Å². The summed E-state index contributed by atoms with van der Waals surface area (Å²) in [6.45, 7) is 3.56. The summed E-state index contributed by atoms with van der Waals surface area (Å²) < 4.78 is 13.1. The topological polar surface area (TPSA) is 74.2 Å². The number of piperazine rings is 1. The van der Waals surface area contributed by atoms with Gasteiger partial charge in [-0.2, -0.15) is 0 Å². The van der Waals surface area contributed by atoms with Crippen LogP contribution < -0.4 is 15.1 Å². The van der Waals surface area contributed by atoms with Crippen LogP contribution in [0.15, 0.2) is 97.5 Å². The van der Waals surface area contributed by atoms with E-state index in [-0.39, 0.29) is 11.7 Å². The second-order valence-electron chi connectivity index (χ2n) is 9.15. The lowest BCUT2D eigenvalue weighted by Crippen LogP contribution is -2.46. The smallest absolute Gasteiger partial charge is 0.255 e. The fourth-order valence-electron chi connectivity index (χ4n) is 4.63. The Labute approximate surface area is 219 Å². The van der Waals surface area contributed by atoms with Gasteiger partial charge in [-0.1, -0.05) is 18.2 Å². The lowest BCUT2D eigenvalue weighted by Gasteiger charge is -2.36. The molecule has 5 aromatic rings. The molecule has 0 saturated carbocycles. The van der Waals surface area contributed by atoms with Crippen LogP contribution in [0.1, 0.15) is 10.4 Å². The average molecular weight is 505 g/mol. The number of hydrogen-bond acceptors (Lipinski definition) is 6. The second kappa shape index (κ2) is 10.3. The van der Waals surface area contributed by atoms with Crippen molar-refractivity contribution in [2.75, 3.05) is 41.3 Å². The molecule has 0 radical (unpaired) electrons. The zero-order valence-corrected chi connectivity index (χ0v) is 20.6. The van der Waals surface area contributed by atoms with Gasteiger partial charge in [0.25, 0.3) is 5.91 Å². The van der Waals surface area contributed by atoms with E-state index in [9.17, 15) is 9.18 Å². The molecular weight excluding hydrogens is 479 g/mol. The van der Waals surface area contributed by atoms with E-state index in [0.717, 1.165) is 54.2 Å². The molecule has 1 aliphatic heterocycles. The molecule has 7 nitrogen and oxygen atoms in total. The van der Waals surface area contributed by atoms with Gasteiger partial charge in [0.1, 0.15) is 11.6 Å². The van der Waals surface area contributed by atoms with Crippen LogP contribution in [0.4, 0.5) is 21.6 Å². The quantitative estimate of drug-likeness (QED) is 0.345. The van der Waals surface area contributed by atoms with Crippen molar-refractivity contribution in [2.24, 2.45) is 0 Å². The van der Waals surface area contributed by atoms with Crippen molar-refractivity contribution in [3.8, 4) is 11.1 Å². The van der Waals surface area contributed by atoms with Gasteiger partial charge in [-0.3, -0.25) is 14.8 Å². The summed E-state index contributed by atoms with van der Waals surface area (Å²) in [7, 11) is 0. The molecule has 2 aromatic heterocycles. The molecule has 1 fully saturated rings. The van der Waals surface area contributed by atoms with Crippen LogP contribution in [-0.4, -0.2) is 47.0 Å². The van der Waals surface area contributed by atoms with E-state index in [1.165, 1.54) is 30.0 Å². The van der Waals surface area contributed by atoms with Gasteiger partial charge in [0, 0.05) is 55.5 Å². The van der Waals surface area contributed by atoms with Crippen LogP contribution in [0.2, 0.25) is 0 Å². The van der Waals surface area contributed by atoms with Gasteiger partial charge in [-0.15, -0.1) is 0 Å². The van der Waals surface area contributed by atoms with Crippen LogP contribution >= 0.6 is 0 Å². The number of amides is 1. The Morgan fingerprint density at radius 2 is 1.45 bits per heavy atom. The molecule has 0 spiro atoms.